The zero-order chi connectivity index (χ0) is 15.4. The Labute approximate surface area is 131 Å². The lowest BCUT2D eigenvalue weighted by atomic mass is 10.1. The Morgan fingerprint density at radius 3 is 2.91 bits per heavy atom. The van der Waals surface area contributed by atoms with E-state index in [1.807, 2.05) is 25.1 Å². The number of ether oxygens (including phenoxy) is 1. The SMILES string of the molecule is CCCC(=O)Oc1ccc2[nH]cc(CCN3CCCC3)c2c1. The van der Waals surface area contributed by atoms with E-state index < -0.39 is 0 Å². The van der Waals surface area contributed by atoms with E-state index in [0.29, 0.717) is 12.2 Å². The molecule has 0 unspecified atom stereocenters. The van der Waals surface area contributed by atoms with Crippen LogP contribution in [0, 0.1) is 0 Å². The van der Waals surface area contributed by atoms with E-state index in [2.05, 4.69) is 16.1 Å². The van der Waals surface area contributed by atoms with Crippen molar-refractivity contribution in [2.45, 2.75) is 39.0 Å². The average molecular weight is 300 g/mol. The van der Waals surface area contributed by atoms with Gasteiger partial charge in [0.2, 0.25) is 0 Å². The van der Waals surface area contributed by atoms with E-state index in [1.165, 1.54) is 36.9 Å². The number of aromatic nitrogens is 1. The van der Waals surface area contributed by atoms with Crippen LogP contribution in [0.15, 0.2) is 24.4 Å². The number of benzene rings is 1. The topological polar surface area (TPSA) is 45.3 Å². The summed E-state index contributed by atoms with van der Waals surface area (Å²) in [5, 5.41) is 1.17. The Morgan fingerprint density at radius 1 is 1.32 bits per heavy atom. The van der Waals surface area contributed by atoms with Gasteiger partial charge in [-0.15, -0.1) is 0 Å². The van der Waals surface area contributed by atoms with Crippen molar-refractivity contribution in [3.05, 3.63) is 30.0 Å². The van der Waals surface area contributed by atoms with Crippen molar-refractivity contribution in [3.8, 4) is 5.75 Å². The highest BCUT2D eigenvalue weighted by Crippen LogP contribution is 2.25. The van der Waals surface area contributed by atoms with Crippen LogP contribution in [0.5, 0.6) is 5.75 Å². The number of H-pyrrole nitrogens is 1. The summed E-state index contributed by atoms with van der Waals surface area (Å²) in [6.07, 6.45) is 7.04. The molecule has 22 heavy (non-hydrogen) atoms. The van der Waals surface area contributed by atoms with Gasteiger partial charge in [0.1, 0.15) is 5.75 Å². The first kappa shape index (κ1) is 15.1. The monoisotopic (exact) mass is 300 g/mol. The summed E-state index contributed by atoms with van der Waals surface area (Å²) in [7, 11) is 0. The maximum atomic E-state index is 11.6. The molecule has 1 aliphatic rings. The van der Waals surface area contributed by atoms with Crippen LogP contribution in [0.2, 0.25) is 0 Å². The standard InChI is InChI=1S/C18H24N2O2/c1-2-5-18(21)22-15-6-7-17-16(12-15)14(13-19-17)8-11-20-9-3-4-10-20/h6-7,12-13,19H,2-5,8-11H2,1H3. The van der Waals surface area contributed by atoms with Crippen molar-refractivity contribution in [1.29, 1.82) is 0 Å². The normalized spacial score (nSPS) is 15.5. The third-order valence-electron chi connectivity index (χ3n) is 4.32. The zero-order valence-electron chi connectivity index (χ0n) is 13.2. The molecule has 0 spiro atoms. The first-order valence-electron chi connectivity index (χ1n) is 8.29. The second-order valence-electron chi connectivity index (χ2n) is 6.04. The van der Waals surface area contributed by atoms with Crippen molar-refractivity contribution in [1.82, 2.24) is 9.88 Å². The van der Waals surface area contributed by atoms with Gasteiger partial charge in [0.05, 0.1) is 0 Å². The van der Waals surface area contributed by atoms with Crippen LogP contribution in [-0.2, 0) is 11.2 Å². The molecule has 118 valence electrons. The number of nitrogens with zero attached hydrogens (tertiary/aromatic N) is 1. The summed E-state index contributed by atoms with van der Waals surface area (Å²) >= 11 is 0. The molecule has 1 aromatic heterocycles. The van der Waals surface area contributed by atoms with Gasteiger partial charge in [-0.05, 0) is 62.5 Å². The molecule has 0 atom stereocenters. The number of esters is 1. The molecule has 1 aliphatic heterocycles. The largest absolute Gasteiger partial charge is 0.427 e. The first-order valence-corrected chi connectivity index (χ1v) is 8.29. The molecule has 0 saturated carbocycles. The number of carbonyl (C=O) groups is 1. The number of aromatic amines is 1. The maximum Gasteiger partial charge on any atom is 0.311 e. The van der Waals surface area contributed by atoms with Crippen molar-refractivity contribution < 1.29 is 9.53 Å². The predicted molar refractivity (Wildman–Crippen MR) is 88.2 cm³/mol. The van der Waals surface area contributed by atoms with Gasteiger partial charge >= 0.3 is 5.97 Å². The van der Waals surface area contributed by atoms with Gasteiger partial charge in [-0.1, -0.05) is 6.92 Å². The molecule has 0 aliphatic carbocycles. The first-order chi connectivity index (χ1) is 10.8. The summed E-state index contributed by atoms with van der Waals surface area (Å²) in [5.74, 6) is 0.490. The van der Waals surface area contributed by atoms with Crippen LogP contribution >= 0.6 is 0 Å². The van der Waals surface area contributed by atoms with Crippen molar-refractivity contribution in [2.75, 3.05) is 19.6 Å². The van der Waals surface area contributed by atoms with Crippen LogP contribution in [0.25, 0.3) is 10.9 Å². The van der Waals surface area contributed by atoms with E-state index in [4.69, 9.17) is 4.74 Å². The lowest BCUT2D eigenvalue weighted by Crippen LogP contribution is -2.21. The number of nitrogens with one attached hydrogen (secondary N) is 1. The number of likely N-dealkylation sites (tertiary alicyclic amines) is 1. The van der Waals surface area contributed by atoms with E-state index in [9.17, 15) is 4.79 Å². The number of carbonyl (C=O) groups excluding carboxylic acids is 1. The van der Waals surface area contributed by atoms with Crippen LogP contribution < -0.4 is 4.74 Å². The summed E-state index contributed by atoms with van der Waals surface area (Å²) in [4.78, 5) is 17.5. The van der Waals surface area contributed by atoms with Gasteiger partial charge in [0.15, 0.2) is 0 Å². The second-order valence-corrected chi connectivity index (χ2v) is 6.04. The quantitative estimate of drug-likeness (QED) is 0.656. The number of hydrogen-bond donors (Lipinski definition) is 1. The molecule has 1 fully saturated rings. The number of hydrogen-bond acceptors (Lipinski definition) is 3. The number of rotatable bonds is 6. The lowest BCUT2D eigenvalue weighted by molar-refractivity contribution is -0.134. The van der Waals surface area contributed by atoms with E-state index in [0.717, 1.165) is 24.9 Å². The third-order valence-corrected chi connectivity index (χ3v) is 4.32. The molecule has 4 nitrogen and oxygen atoms in total. The fraction of sp³-hybridized carbons (Fsp3) is 0.500. The van der Waals surface area contributed by atoms with Crippen molar-refractivity contribution in [2.24, 2.45) is 0 Å². The molecule has 1 aromatic carbocycles. The van der Waals surface area contributed by atoms with Gasteiger partial charge in [-0.2, -0.15) is 0 Å². The van der Waals surface area contributed by atoms with Gasteiger partial charge in [0, 0.05) is 30.1 Å². The third kappa shape index (κ3) is 3.50. The van der Waals surface area contributed by atoms with Crippen molar-refractivity contribution >= 4 is 16.9 Å². The maximum absolute atomic E-state index is 11.6. The minimum absolute atomic E-state index is 0.156. The highest BCUT2D eigenvalue weighted by atomic mass is 16.5. The smallest absolute Gasteiger partial charge is 0.311 e. The average Bonchev–Trinajstić information content (AvgIpc) is 3.14. The van der Waals surface area contributed by atoms with Crippen LogP contribution in [0.3, 0.4) is 0 Å². The lowest BCUT2D eigenvalue weighted by Gasteiger charge is -2.13. The van der Waals surface area contributed by atoms with E-state index in [1.54, 1.807) is 0 Å². The Morgan fingerprint density at radius 2 is 2.14 bits per heavy atom. The molecule has 3 rings (SSSR count). The molecule has 0 amide bonds. The minimum Gasteiger partial charge on any atom is -0.427 e. The van der Waals surface area contributed by atoms with Gasteiger partial charge < -0.3 is 14.6 Å². The summed E-state index contributed by atoms with van der Waals surface area (Å²) in [6.45, 7) is 5.53. The molecular formula is C18H24N2O2. The van der Waals surface area contributed by atoms with Crippen LogP contribution in [0.1, 0.15) is 38.2 Å². The summed E-state index contributed by atoms with van der Waals surface area (Å²) < 4.78 is 5.40. The molecular weight excluding hydrogens is 276 g/mol. The van der Waals surface area contributed by atoms with E-state index >= 15 is 0 Å². The highest BCUT2D eigenvalue weighted by Gasteiger charge is 2.13. The van der Waals surface area contributed by atoms with Gasteiger partial charge in [-0.25, -0.2) is 0 Å². The summed E-state index contributed by atoms with van der Waals surface area (Å²) in [6, 6.07) is 5.83. The molecule has 2 heterocycles. The molecule has 1 N–H and O–H groups in total. The minimum atomic E-state index is -0.156. The zero-order valence-corrected chi connectivity index (χ0v) is 13.2. The van der Waals surface area contributed by atoms with E-state index in [-0.39, 0.29) is 5.97 Å². The van der Waals surface area contributed by atoms with Crippen molar-refractivity contribution in [3.63, 3.8) is 0 Å². The molecule has 0 bridgehead atoms. The molecule has 2 aromatic rings. The second kappa shape index (κ2) is 6.97. The predicted octanol–water partition coefficient (Wildman–Crippen LogP) is 3.51. The fourth-order valence-corrected chi connectivity index (χ4v) is 3.10. The molecule has 0 radical (unpaired) electrons. The van der Waals surface area contributed by atoms with Crippen LogP contribution in [-0.4, -0.2) is 35.5 Å². The fourth-order valence-electron chi connectivity index (χ4n) is 3.10. The Kier molecular flexibility index (Phi) is 4.78. The van der Waals surface area contributed by atoms with Crippen LogP contribution in [0.4, 0.5) is 0 Å². The van der Waals surface area contributed by atoms with Gasteiger partial charge in [0.25, 0.3) is 0 Å². The summed E-state index contributed by atoms with van der Waals surface area (Å²) in [5.41, 5.74) is 2.40. The van der Waals surface area contributed by atoms with Gasteiger partial charge in [-0.3, -0.25) is 4.79 Å². The Hall–Kier alpha value is -1.81. The highest BCUT2D eigenvalue weighted by molar-refractivity contribution is 5.85. The number of fused-ring (bicyclic) bond motifs is 1. The molecule has 1 saturated heterocycles. The Bertz CT molecular complexity index is 642. The Balaban J connectivity index is 1.71. The molecule has 4 heteroatoms.